The van der Waals surface area contributed by atoms with E-state index in [0.29, 0.717) is 12.1 Å². The van der Waals surface area contributed by atoms with E-state index in [1.54, 1.807) is 6.07 Å². The summed E-state index contributed by atoms with van der Waals surface area (Å²) in [5.41, 5.74) is 7.34. The summed E-state index contributed by atoms with van der Waals surface area (Å²) in [6.45, 7) is 0.510. The van der Waals surface area contributed by atoms with Crippen molar-refractivity contribution < 1.29 is 4.39 Å². The minimum absolute atomic E-state index is 0.107. The van der Waals surface area contributed by atoms with Gasteiger partial charge in [-0.05, 0) is 25.7 Å². The molecule has 0 spiro atoms. The molecular formula is C12H16FN3. The molecule has 0 aliphatic carbocycles. The predicted molar refractivity (Wildman–Crippen MR) is 63.7 cm³/mol. The van der Waals surface area contributed by atoms with Gasteiger partial charge in [-0.15, -0.1) is 0 Å². The average molecular weight is 221 g/mol. The number of aromatic nitrogens is 1. The maximum atomic E-state index is 13.5. The molecule has 0 aliphatic rings. The Morgan fingerprint density at radius 1 is 1.44 bits per heavy atom. The van der Waals surface area contributed by atoms with Gasteiger partial charge in [0.2, 0.25) is 0 Å². The largest absolute Gasteiger partial charge is 0.358 e. The smallest absolute Gasteiger partial charge is 0.147 e. The van der Waals surface area contributed by atoms with E-state index in [1.165, 1.54) is 6.07 Å². The fourth-order valence-corrected chi connectivity index (χ4v) is 2.03. The summed E-state index contributed by atoms with van der Waals surface area (Å²) in [5.74, 6) is -0.224. The topological polar surface area (TPSA) is 45.0 Å². The fourth-order valence-electron chi connectivity index (χ4n) is 2.03. The van der Waals surface area contributed by atoms with Crippen molar-refractivity contribution in [1.82, 2.24) is 9.88 Å². The number of hydrogen-bond acceptors (Lipinski definition) is 2. The third-order valence-corrected chi connectivity index (χ3v) is 2.90. The average Bonchev–Trinajstić information content (AvgIpc) is 2.64. The number of nitrogens with zero attached hydrogens (tertiary/aromatic N) is 1. The molecule has 3 nitrogen and oxygen atoms in total. The summed E-state index contributed by atoms with van der Waals surface area (Å²) in [6.07, 6.45) is 1.84. The number of nitrogens with one attached hydrogen (secondary N) is 1. The summed E-state index contributed by atoms with van der Waals surface area (Å²) in [4.78, 5) is 5.00. The van der Waals surface area contributed by atoms with E-state index in [2.05, 4.69) is 4.98 Å². The highest BCUT2D eigenvalue weighted by Gasteiger charge is 2.17. The highest BCUT2D eigenvalue weighted by Crippen LogP contribution is 2.27. The van der Waals surface area contributed by atoms with Gasteiger partial charge in [0.1, 0.15) is 5.82 Å². The lowest BCUT2D eigenvalue weighted by Crippen LogP contribution is -2.26. The zero-order chi connectivity index (χ0) is 11.7. The van der Waals surface area contributed by atoms with Crippen LogP contribution in [-0.4, -0.2) is 30.5 Å². The molecule has 1 atom stereocenters. The van der Waals surface area contributed by atoms with Gasteiger partial charge in [-0.25, -0.2) is 4.39 Å². The van der Waals surface area contributed by atoms with Crippen LogP contribution in [0.3, 0.4) is 0 Å². The zero-order valence-corrected chi connectivity index (χ0v) is 9.50. The van der Waals surface area contributed by atoms with Crippen LogP contribution >= 0.6 is 0 Å². The summed E-state index contributed by atoms with van der Waals surface area (Å²) in [5, 5.41) is 0.907. The van der Waals surface area contributed by atoms with Crippen molar-refractivity contribution in [2.45, 2.75) is 6.04 Å². The van der Waals surface area contributed by atoms with Crippen LogP contribution in [0.5, 0.6) is 0 Å². The van der Waals surface area contributed by atoms with Gasteiger partial charge in [0.25, 0.3) is 0 Å². The van der Waals surface area contributed by atoms with Gasteiger partial charge < -0.3 is 15.6 Å². The first kappa shape index (κ1) is 11.1. The van der Waals surface area contributed by atoms with Gasteiger partial charge in [0.05, 0.1) is 5.52 Å². The first-order valence-electron chi connectivity index (χ1n) is 5.27. The van der Waals surface area contributed by atoms with Crippen LogP contribution < -0.4 is 5.73 Å². The molecule has 1 heterocycles. The number of para-hydroxylation sites is 1. The maximum absolute atomic E-state index is 13.5. The number of likely N-dealkylation sites (N-methyl/N-ethyl adjacent to an activating group) is 1. The van der Waals surface area contributed by atoms with Crippen molar-refractivity contribution in [1.29, 1.82) is 0 Å². The first-order valence-corrected chi connectivity index (χ1v) is 5.27. The van der Waals surface area contributed by atoms with Crippen molar-refractivity contribution >= 4 is 10.9 Å². The van der Waals surface area contributed by atoms with Crippen LogP contribution in [0.15, 0.2) is 24.4 Å². The molecule has 1 unspecified atom stereocenters. The van der Waals surface area contributed by atoms with Crippen molar-refractivity contribution in [3.8, 4) is 0 Å². The van der Waals surface area contributed by atoms with Crippen molar-refractivity contribution in [2.24, 2.45) is 5.73 Å². The molecule has 16 heavy (non-hydrogen) atoms. The minimum Gasteiger partial charge on any atom is -0.358 e. The number of H-pyrrole nitrogens is 1. The molecule has 1 aromatic carbocycles. The number of hydrogen-bond donors (Lipinski definition) is 2. The monoisotopic (exact) mass is 221 g/mol. The summed E-state index contributed by atoms with van der Waals surface area (Å²) in [7, 11) is 3.94. The Morgan fingerprint density at radius 2 is 2.19 bits per heavy atom. The van der Waals surface area contributed by atoms with Crippen LogP contribution in [0.25, 0.3) is 10.9 Å². The summed E-state index contributed by atoms with van der Waals surface area (Å²) >= 11 is 0. The normalized spacial score (nSPS) is 13.6. The lowest BCUT2D eigenvalue weighted by atomic mass is 10.1. The van der Waals surface area contributed by atoms with Crippen LogP contribution in [-0.2, 0) is 0 Å². The molecule has 86 valence electrons. The van der Waals surface area contributed by atoms with Crippen molar-refractivity contribution in [3.05, 3.63) is 35.8 Å². The molecule has 1 aromatic heterocycles. The Hall–Kier alpha value is -1.39. The molecule has 2 aromatic rings. The highest BCUT2D eigenvalue weighted by atomic mass is 19.1. The number of rotatable bonds is 3. The second kappa shape index (κ2) is 4.23. The highest BCUT2D eigenvalue weighted by molar-refractivity contribution is 5.84. The second-order valence-corrected chi connectivity index (χ2v) is 4.12. The molecule has 0 aliphatic heterocycles. The first-order chi connectivity index (χ1) is 7.65. The van der Waals surface area contributed by atoms with Crippen molar-refractivity contribution in [3.63, 3.8) is 0 Å². The summed E-state index contributed by atoms with van der Waals surface area (Å²) < 4.78 is 13.5. The number of nitrogens with two attached hydrogens (primary N) is 1. The van der Waals surface area contributed by atoms with Gasteiger partial charge in [0.15, 0.2) is 0 Å². The number of benzene rings is 1. The van der Waals surface area contributed by atoms with Crippen LogP contribution in [0.4, 0.5) is 4.39 Å². The predicted octanol–water partition coefficient (Wildman–Crippen LogP) is 1.87. The maximum Gasteiger partial charge on any atom is 0.147 e. The third kappa shape index (κ3) is 1.70. The number of aromatic amines is 1. The lowest BCUT2D eigenvalue weighted by molar-refractivity contribution is 0.308. The van der Waals surface area contributed by atoms with E-state index in [9.17, 15) is 4.39 Å². The third-order valence-electron chi connectivity index (χ3n) is 2.90. The van der Waals surface area contributed by atoms with Gasteiger partial charge in [-0.3, -0.25) is 0 Å². The molecule has 0 bridgehead atoms. The Balaban J connectivity index is 2.57. The Bertz CT molecular complexity index is 490. The molecule has 2 rings (SSSR count). The Morgan fingerprint density at radius 3 is 2.81 bits per heavy atom. The molecule has 0 saturated heterocycles. The molecule has 4 heteroatoms. The number of fused-ring (bicyclic) bond motifs is 1. The van der Waals surface area contributed by atoms with E-state index in [1.807, 2.05) is 31.3 Å². The zero-order valence-electron chi connectivity index (χ0n) is 9.50. The molecule has 3 N–H and O–H groups in total. The Labute approximate surface area is 94.0 Å². The summed E-state index contributed by atoms with van der Waals surface area (Å²) in [6, 6.07) is 5.19. The van der Waals surface area contributed by atoms with E-state index < -0.39 is 0 Å². The van der Waals surface area contributed by atoms with Gasteiger partial charge in [-0.1, -0.05) is 12.1 Å². The standard InChI is InChI=1S/C12H16FN3/c1-16(2)11(6-14)9-7-15-12-8(9)4-3-5-10(12)13/h3-5,7,11,15H,6,14H2,1-2H3. The fraction of sp³-hybridized carbons (Fsp3) is 0.333. The molecule has 0 saturated carbocycles. The van der Waals surface area contributed by atoms with E-state index in [0.717, 1.165) is 10.9 Å². The van der Waals surface area contributed by atoms with Crippen LogP contribution in [0.1, 0.15) is 11.6 Å². The SMILES string of the molecule is CN(C)C(CN)c1c[nH]c2c(F)cccc12. The van der Waals surface area contributed by atoms with Gasteiger partial charge in [0, 0.05) is 24.2 Å². The van der Waals surface area contributed by atoms with Gasteiger partial charge in [-0.2, -0.15) is 0 Å². The minimum atomic E-state index is -0.224. The molecule has 0 fully saturated rings. The second-order valence-electron chi connectivity index (χ2n) is 4.12. The lowest BCUT2D eigenvalue weighted by Gasteiger charge is -2.22. The Kier molecular flexibility index (Phi) is 2.94. The van der Waals surface area contributed by atoms with E-state index >= 15 is 0 Å². The van der Waals surface area contributed by atoms with E-state index in [-0.39, 0.29) is 11.9 Å². The molecule has 0 amide bonds. The van der Waals surface area contributed by atoms with E-state index in [4.69, 9.17) is 5.73 Å². The van der Waals surface area contributed by atoms with Gasteiger partial charge >= 0.3 is 0 Å². The molecular weight excluding hydrogens is 205 g/mol. The van der Waals surface area contributed by atoms with Crippen LogP contribution in [0.2, 0.25) is 0 Å². The molecule has 0 radical (unpaired) electrons. The quantitative estimate of drug-likeness (QED) is 0.831. The number of halogens is 1. The van der Waals surface area contributed by atoms with Crippen LogP contribution in [0, 0.1) is 5.82 Å². The van der Waals surface area contributed by atoms with Crippen molar-refractivity contribution in [2.75, 3.05) is 20.6 Å².